The molecule has 32 heavy (non-hydrogen) atoms. The van der Waals surface area contributed by atoms with Crippen molar-refractivity contribution >= 4 is 16.8 Å². The van der Waals surface area contributed by atoms with Crippen LogP contribution in [0.4, 0.5) is 0 Å². The van der Waals surface area contributed by atoms with Crippen LogP contribution in [0.25, 0.3) is 10.9 Å². The number of nitrogens with one attached hydrogen (secondary N) is 1. The van der Waals surface area contributed by atoms with Gasteiger partial charge in [-0.05, 0) is 49.1 Å². The Labute approximate surface area is 187 Å². The molecule has 0 fully saturated rings. The molecule has 0 aliphatic carbocycles. The summed E-state index contributed by atoms with van der Waals surface area (Å²) in [6.07, 6.45) is 1.74. The van der Waals surface area contributed by atoms with Gasteiger partial charge in [0, 0.05) is 23.2 Å². The van der Waals surface area contributed by atoms with Crippen molar-refractivity contribution in [1.82, 2.24) is 9.88 Å². The molecule has 0 atom stereocenters. The van der Waals surface area contributed by atoms with Crippen molar-refractivity contribution in [2.45, 2.75) is 33.2 Å². The third-order valence-corrected chi connectivity index (χ3v) is 5.42. The van der Waals surface area contributed by atoms with Crippen molar-refractivity contribution in [2.75, 3.05) is 27.9 Å². The smallest absolute Gasteiger partial charge is 0.254 e. The first-order chi connectivity index (χ1) is 15.4. The van der Waals surface area contributed by atoms with Crippen LogP contribution in [0.3, 0.4) is 0 Å². The van der Waals surface area contributed by atoms with Crippen LogP contribution in [0.2, 0.25) is 0 Å². The number of rotatable bonds is 9. The second-order valence-electron chi connectivity index (χ2n) is 7.71. The van der Waals surface area contributed by atoms with E-state index in [-0.39, 0.29) is 18.0 Å². The van der Waals surface area contributed by atoms with E-state index in [0.29, 0.717) is 34.9 Å². The number of aromatic amines is 1. The van der Waals surface area contributed by atoms with E-state index in [4.69, 9.17) is 14.2 Å². The number of unbranched alkanes of at least 4 members (excludes halogenated alkanes) is 1. The van der Waals surface area contributed by atoms with E-state index in [9.17, 15) is 9.59 Å². The standard InChI is InChI=1S/C25H30N2O5/c1-6-7-10-27(15-19-12-17-11-16(2)8-9-20(17)26-24(19)28)25(29)18-13-21(30-3)23(32-5)22(14-18)31-4/h8-9,11-14H,6-7,10,15H2,1-5H3,(H,26,28). The summed E-state index contributed by atoms with van der Waals surface area (Å²) in [6.45, 7) is 4.80. The molecule has 1 amide bonds. The van der Waals surface area contributed by atoms with Gasteiger partial charge in [0.2, 0.25) is 5.75 Å². The Bertz CT molecular complexity index is 1140. The molecule has 2 aromatic carbocycles. The fourth-order valence-electron chi connectivity index (χ4n) is 3.68. The zero-order chi connectivity index (χ0) is 23.3. The van der Waals surface area contributed by atoms with Gasteiger partial charge in [-0.25, -0.2) is 0 Å². The highest BCUT2D eigenvalue weighted by atomic mass is 16.5. The minimum atomic E-state index is -0.207. The minimum absolute atomic E-state index is 0.194. The molecule has 170 valence electrons. The molecule has 1 heterocycles. The number of amides is 1. The maximum absolute atomic E-state index is 13.5. The molecular formula is C25H30N2O5. The number of hydrogen-bond acceptors (Lipinski definition) is 5. The van der Waals surface area contributed by atoms with E-state index < -0.39 is 0 Å². The molecule has 0 saturated heterocycles. The van der Waals surface area contributed by atoms with Crippen LogP contribution >= 0.6 is 0 Å². The maximum atomic E-state index is 13.5. The number of carbonyl (C=O) groups is 1. The molecule has 1 aromatic heterocycles. The summed E-state index contributed by atoms with van der Waals surface area (Å²) in [7, 11) is 4.54. The average Bonchev–Trinajstić information content (AvgIpc) is 2.80. The monoisotopic (exact) mass is 438 g/mol. The zero-order valence-electron chi connectivity index (χ0n) is 19.3. The summed E-state index contributed by atoms with van der Waals surface area (Å²) < 4.78 is 16.2. The molecule has 0 aliphatic rings. The predicted molar refractivity (Wildman–Crippen MR) is 125 cm³/mol. The SMILES string of the molecule is CCCCN(Cc1cc2cc(C)ccc2[nH]c1=O)C(=O)c1cc(OC)c(OC)c(OC)c1. The molecule has 3 rings (SSSR count). The normalized spacial score (nSPS) is 10.8. The first-order valence-corrected chi connectivity index (χ1v) is 10.6. The highest BCUT2D eigenvalue weighted by Crippen LogP contribution is 2.38. The Morgan fingerprint density at radius 1 is 1.00 bits per heavy atom. The minimum Gasteiger partial charge on any atom is -0.493 e. The van der Waals surface area contributed by atoms with E-state index in [1.165, 1.54) is 21.3 Å². The number of methoxy groups -OCH3 is 3. The van der Waals surface area contributed by atoms with Crippen molar-refractivity contribution in [3.8, 4) is 17.2 Å². The van der Waals surface area contributed by atoms with Crippen molar-refractivity contribution < 1.29 is 19.0 Å². The number of nitrogens with zero attached hydrogens (tertiary/aromatic N) is 1. The van der Waals surface area contributed by atoms with Crippen molar-refractivity contribution in [3.05, 3.63) is 63.4 Å². The van der Waals surface area contributed by atoms with Crippen molar-refractivity contribution in [2.24, 2.45) is 0 Å². The summed E-state index contributed by atoms with van der Waals surface area (Å²) in [5.74, 6) is 1.03. The zero-order valence-corrected chi connectivity index (χ0v) is 19.3. The summed E-state index contributed by atoms with van der Waals surface area (Å²) in [4.78, 5) is 30.8. The molecule has 0 aliphatic heterocycles. The number of ether oxygens (including phenoxy) is 3. The Kier molecular flexibility index (Phi) is 7.41. The van der Waals surface area contributed by atoms with Gasteiger partial charge in [0.1, 0.15) is 0 Å². The van der Waals surface area contributed by atoms with Gasteiger partial charge >= 0.3 is 0 Å². The number of carbonyl (C=O) groups excluding carboxylic acids is 1. The number of hydrogen-bond donors (Lipinski definition) is 1. The second kappa shape index (κ2) is 10.2. The third kappa shape index (κ3) is 4.88. The number of benzene rings is 2. The second-order valence-corrected chi connectivity index (χ2v) is 7.71. The van der Waals surface area contributed by atoms with Crippen LogP contribution < -0.4 is 19.8 Å². The van der Waals surface area contributed by atoms with E-state index in [2.05, 4.69) is 11.9 Å². The summed E-state index contributed by atoms with van der Waals surface area (Å²) in [5.41, 5.74) is 2.64. The van der Waals surface area contributed by atoms with Crippen LogP contribution in [-0.2, 0) is 6.54 Å². The summed E-state index contributed by atoms with van der Waals surface area (Å²) in [6, 6.07) is 11.0. The number of pyridine rings is 1. The largest absolute Gasteiger partial charge is 0.493 e. The molecule has 0 unspecified atom stereocenters. The molecule has 3 aromatic rings. The Morgan fingerprint density at radius 2 is 1.69 bits per heavy atom. The van der Waals surface area contributed by atoms with Crippen molar-refractivity contribution in [3.63, 3.8) is 0 Å². The predicted octanol–water partition coefficient (Wildman–Crippen LogP) is 4.30. The fourth-order valence-corrected chi connectivity index (χ4v) is 3.68. The van der Waals surface area contributed by atoms with Gasteiger partial charge in [0.25, 0.3) is 11.5 Å². The van der Waals surface area contributed by atoms with Gasteiger partial charge in [-0.3, -0.25) is 9.59 Å². The summed E-state index contributed by atoms with van der Waals surface area (Å²) >= 11 is 0. The summed E-state index contributed by atoms with van der Waals surface area (Å²) in [5, 5.41) is 0.940. The lowest BCUT2D eigenvalue weighted by molar-refractivity contribution is 0.0739. The highest BCUT2D eigenvalue weighted by molar-refractivity contribution is 5.95. The quantitative estimate of drug-likeness (QED) is 0.539. The lowest BCUT2D eigenvalue weighted by Gasteiger charge is -2.23. The van der Waals surface area contributed by atoms with E-state index in [1.807, 2.05) is 31.2 Å². The van der Waals surface area contributed by atoms with Crippen LogP contribution in [0.15, 0.2) is 41.2 Å². The number of fused-ring (bicyclic) bond motifs is 1. The van der Waals surface area contributed by atoms with Gasteiger partial charge in [-0.15, -0.1) is 0 Å². The highest BCUT2D eigenvalue weighted by Gasteiger charge is 2.22. The third-order valence-electron chi connectivity index (χ3n) is 5.42. The average molecular weight is 439 g/mol. The van der Waals surface area contributed by atoms with Gasteiger partial charge in [0.05, 0.1) is 27.9 Å². The number of aryl methyl sites for hydroxylation is 1. The molecule has 7 nitrogen and oxygen atoms in total. The molecule has 0 saturated carbocycles. The van der Waals surface area contributed by atoms with Gasteiger partial charge in [0.15, 0.2) is 11.5 Å². The van der Waals surface area contributed by atoms with Crippen LogP contribution in [0.5, 0.6) is 17.2 Å². The van der Waals surface area contributed by atoms with E-state index in [1.54, 1.807) is 17.0 Å². The molecule has 0 bridgehead atoms. The molecular weight excluding hydrogens is 408 g/mol. The fraction of sp³-hybridized carbons (Fsp3) is 0.360. The maximum Gasteiger partial charge on any atom is 0.254 e. The molecule has 0 radical (unpaired) electrons. The number of H-pyrrole nitrogens is 1. The van der Waals surface area contributed by atoms with E-state index >= 15 is 0 Å². The van der Waals surface area contributed by atoms with Crippen molar-refractivity contribution in [1.29, 1.82) is 0 Å². The molecule has 0 spiro atoms. The van der Waals surface area contributed by atoms with Crippen LogP contribution in [0, 0.1) is 6.92 Å². The van der Waals surface area contributed by atoms with Gasteiger partial charge in [-0.2, -0.15) is 0 Å². The Hall–Kier alpha value is -3.48. The lowest BCUT2D eigenvalue weighted by Crippen LogP contribution is -2.33. The van der Waals surface area contributed by atoms with Gasteiger partial charge in [-0.1, -0.05) is 25.0 Å². The topological polar surface area (TPSA) is 80.9 Å². The van der Waals surface area contributed by atoms with E-state index in [0.717, 1.165) is 29.3 Å². The van der Waals surface area contributed by atoms with Gasteiger partial charge < -0.3 is 24.1 Å². The first kappa shape index (κ1) is 23.2. The molecule has 7 heteroatoms. The van der Waals surface area contributed by atoms with Crippen LogP contribution in [-0.4, -0.2) is 43.7 Å². The lowest BCUT2D eigenvalue weighted by atomic mass is 10.1. The number of aromatic nitrogens is 1. The first-order valence-electron chi connectivity index (χ1n) is 10.6. The Balaban J connectivity index is 2.00. The Morgan fingerprint density at radius 3 is 2.28 bits per heavy atom. The molecule has 1 N–H and O–H groups in total. The van der Waals surface area contributed by atoms with Crippen LogP contribution in [0.1, 0.15) is 41.3 Å².